The first-order valence-electron chi connectivity index (χ1n) is 6.65. The lowest BCUT2D eigenvalue weighted by Gasteiger charge is -2.16. The molecule has 0 aliphatic heterocycles. The highest BCUT2D eigenvalue weighted by Gasteiger charge is 2.18. The summed E-state index contributed by atoms with van der Waals surface area (Å²) < 4.78 is 0. The second-order valence-electron chi connectivity index (χ2n) is 5.15. The summed E-state index contributed by atoms with van der Waals surface area (Å²) in [6.45, 7) is 4.29. The molecule has 0 spiro atoms. The summed E-state index contributed by atoms with van der Waals surface area (Å²) in [5, 5.41) is 12.6. The van der Waals surface area contributed by atoms with Gasteiger partial charge in [-0.1, -0.05) is 25.4 Å². The van der Waals surface area contributed by atoms with E-state index in [1.165, 1.54) is 0 Å². The molecular weight excluding hydrogens is 278 g/mol. The topological polar surface area (TPSA) is 66.4 Å². The van der Waals surface area contributed by atoms with Crippen LogP contribution in [0.2, 0.25) is 5.02 Å². The van der Waals surface area contributed by atoms with E-state index in [1.54, 1.807) is 24.3 Å². The first-order chi connectivity index (χ1) is 9.40. The van der Waals surface area contributed by atoms with Gasteiger partial charge in [-0.3, -0.25) is 9.59 Å². The van der Waals surface area contributed by atoms with Crippen LogP contribution in [0, 0.1) is 5.92 Å². The zero-order valence-electron chi connectivity index (χ0n) is 11.7. The van der Waals surface area contributed by atoms with Crippen LogP contribution in [0.4, 0.5) is 0 Å². The zero-order chi connectivity index (χ0) is 15.1. The fourth-order valence-corrected chi connectivity index (χ4v) is 2.01. The quantitative estimate of drug-likeness (QED) is 0.724. The van der Waals surface area contributed by atoms with Crippen LogP contribution in [-0.4, -0.2) is 29.4 Å². The minimum Gasteiger partial charge on any atom is -0.480 e. The molecule has 20 heavy (non-hydrogen) atoms. The van der Waals surface area contributed by atoms with Crippen LogP contribution < -0.4 is 5.32 Å². The normalized spacial score (nSPS) is 12.4. The number of rotatable bonds is 8. The lowest BCUT2D eigenvalue weighted by molar-refractivity contribution is -0.139. The maximum atomic E-state index is 11.9. The molecule has 1 aromatic carbocycles. The van der Waals surface area contributed by atoms with E-state index in [4.69, 9.17) is 16.7 Å². The summed E-state index contributed by atoms with van der Waals surface area (Å²) in [7, 11) is 0. The van der Waals surface area contributed by atoms with Gasteiger partial charge in [0.15, 0.2) is 5.78 Å². The molecule has 0 fully saturated rings. The van der Waals surface area contributed by atoms with Gasteiger partial charge in [-0.05, 0) is 36.6 Å². The van der Waals surface area contributed by atoms with E-state index in [2.05, 4.69) is 5.32 Å². The number of hydrogen-bond donors (Lipinski definition) is 2. The Labute approximate surface area is 124 Å². The van der Waals surface area contributed by atoms with Crippen molar-refractivity contribution in [2.45, 2.75) is 32.7 Å². The zero-order valence-corrected chi connectivity index (χ0v) is 12.5. The van der Waals surface area contributed by atoms with Crippen molar-refractivity contribution in [2.24, 2.45) is 5.92 Å². The van der Waals surface area contributed by atoms with Crippen molar-refractivity contribution in [3.63, 3.8) is 0 Å². The van der Waals surface area contributed by atoms with Crippen molar-refractivity contribution < 1.29 is 14.7 Å². The first-order valence-corrected chi connectivity index (χ1v) is 7.03. The molecule has 0 heterocycles. The maximum absolute atomic E-state index is 11.9. The van der Waals surface area contributed by atoms with Gasteiger partial charge in [0, 0.05) is 23.6 Å². The Morgan fingerprint density at radius 3 is 2.35 bits per heavy atom. The molecule has 0 aliphatic carbocycles. The molecular formula is C15H20ClNO3. The lowest BCUT2D eigenvalue weighted by Crippen LogP contribution is -2.38. The summed E-state index contributed by atoms with van der Waals surface area (Å²) in [5.74, 6) is -0.615. The van der Waals surface area contributed by atoms with Crippen LogP contribution in [0.1, 0.15) is 37.0 Å². The molecule has 0 saturated heterocycles. The average Bonchev–Trinajstić information content (AvgIpc) is 2.37. The Morgan fingerprint density at radius 2 is 1.85 bits per heavy atom. The predicted octanol–water partition coefficient (Wildman–Crippen LogP) is 3.00. The van der Waals surface area contributed by atoms with Crippen molar-refractivity contribution >= 4 is 23.4 Å². The molecule has 1 atom stereocenters. The first kappa shape index (κ1) is 16.7. The molecule has 0 amide bonds. The Hall–Kier alpha value is -1.39. The van der Waals surface area contributed by atoms with Gasteiger partial charge in [-0.2, -0.15) is 0 Å². The molecule has 0 unspecified atom stereocenters. The van der Waals surface area contributed by atoms with Crippen molar-refractivity contribution in [3.05, 3.63) is 34.9 Å². The number of carbonyl (C=O) groups is 2. The average molecular weight is 298 g/mol. The highest BCUT2D eigenvalue weighted by Crippen LogP contribution is 2.11. The summed E-state index contributed by atoms with van der Waals surface area (Å²) in [5.41, 5.74) is 0.590. The molecule has 1 rings (SSSR count). The van der Waals surface area contributed by atoms with Crippen LogP contribution in [-0.2, 0) is 4.79 Å². The number of aliphatic carboxylic acids is 1. The number of Topliss-reactive ketones (excluding diaryl/α,β-unsaturated/α-hetero) is 1. The van der Waals surface area contributed by atoms with E-state index < -0.39 is 12.0 Å². The predicted molar refractivity (Wildman–Crippen MR) is 79.3 cm³/mol. The van der Waals surface area contributed by atoms with Crippen molar-refractivity contribution in [1.29, 1.82) is 0 Å². The highest BCUT2D eigenvalue weighted by molar-refractivity contribution is 6.30. The van der Waals surface area contributed by atoms with E-state index in [1.807, 2.05) is 13.8 Å². The Kier molecular flexibility index (Phi) is 6.68. The van der Waals surface area contributed by atoms with Gasteiger partial charge in [-0.15, -0.1) is 0 Å². The summed E-state index contributed by atoms with van der Waals surface area (Å²) in [4.78, 5) is 23.0. The highest BCUT2D eigenvalue weighted by atomic mass is 35.5. The SMILES string of the molecule is CC(C)C[C@H](NCCC(=O)c1ccc(Cl)cc1)C(=O)O. The number of carboxylic acid groups (broad SMARTS) is 1. The Balaban J connectivity index is 2.44. The number of carboxylic acids is 1. The summed E-state index contributed by atoms with van der Waals surface area (Å²) in [6, 6.07) is 6.08. The van der Waals surface area contributed by atoms with E-state index in [-0.39, 0.29) is 18.1 Å². The molecule has 0 bridgehead atoms. The van der Waals surface area contributed by atoms with Crippen LogP contribution >= 0.6 is 11.6 Å². The number of hydrogen-bond acceptors (Lipinski definition) is 3. The molecule has 5 heteroatoms. The third kappa shape index (κ3) is 5.72. The molecule has 2 N–H and O–H groups in total. The van der Waals surface area contributed by atoms with Gasteiger partial charge < -0.3 is 10.4 Å². The smallest absolute Gasteiger partial charge is 0.320 e. The molecule has 1 aromatic rings. The van der Waals surface area contributed by atoms with Gasteiger partial charge in [0.05, 0.1) is 0 Å². The van der Waals surface area contributed by atoms with Crippen molar-refractivity contribution in [1.82, 2.24) is 5.32 Å². The lowest BCUT2D eigenvalue weighted by atomic mass is 10.0. The molecule has 0 saturated carbocycles. The third-order valence-electron chi connectivity index (χ3n) is 2.91. The second-order valence-corrected chi connectivity index (χ2v) is 5.59. The molecule has 0 aliphatic rings. The molecule has 0 aromatic heterocycles. The number of ketones is 1. The standard InChI is InChI=1S/C15H20ClNO3/c1-10(2)9-13(15(19)20)17-8-7-14(18)11-3-5-12(16)6-4-11/h3-6,10,13,17H,7-9H2,1-2H3,(H,19,20)/t13-/m0/s1. The Morgan fingerprint density at radius 1 is 1.25 bits per heavy atom. The monoisotopic (exact) mass is 297 g/mol. The van der Waals surface area contributed by atoms with Crippen LogP contribution in [0.15, 0.2) is 24.3 Å². The summed E-state index contributed by atoms with van der Waals surface area (Å²) >= 11 is 5.76. The van der Waals surface area contributed by atoms with E-state index in [0.29, 0.717) is 23.6 Å². The van der Waals surface area contributed by atoms with Gasteiger partial charge in [-0.25, -0.2) is 0 Å². The fraction of sp³-hybridized carbons (Fsp3) is 0.467. The van der Waals surface area contributed by atoms with Gasteiger partial charge in [0.2, 0.25) is 0 Å². The van der Waals surface area contributed by atoms with Crippen LogP contribution in [0.3, 0.4) is 0 Å². The van der Waals surface area contributed by atoms with Crippen molar-refractivity contribution in [3.8, 4) is 0 Å². The molecule has 0 radical (unpaired) electrons. The van der Waals surface area contributed by atoms with Crippen LogP contribution in [0.5, 0.6) is 0 Å². The third-order valence-corrected chi connectivity index (χ3v) is 3.17. The number of halogens is 1. The minimum atomic E-state index is -0.877. The van der Waals surface area contributed by atoms with E-state index in [9.17, 15) is 9.59 Å². The summed E-state index contributed by atoms with van der Waals surface area (Å²) in [6.07, 6.45) is 0.813. The van der Waals surface area contributed by atoms with Gasteiger partial charge >= 0.3 is 5.97 Å². The van der Waals surface area contributed by atoms with Crippen LogP contribution in [0.25, 0.3) is 0 Å². The second kappa shape index (κ2) is 8.02. The van der Waals surface area contributed by atoms with E-state index in [0.717, 1.165) is 0 Å². The van der Waals surface area contributed by atoms with Gasteiger partial charge in [0.1, 0.15) is 6.04 Å². The molecule has 4 nitrogen and oxygen atoms in total. The fourth-order valence-electron chi connectivity index (χ4n) is 1.88. The maximum Gasteiger partial charge on any atom is 0.320 e. The number of benzene rings is 1. The van der Waals surface area contributed by atoms with E-state index >= 15 is 0 Å². The molecule has 110 valence electrons. The van der Waals surface area contributed by atoms with Crippen molar-refractivity contribution in [2.75, 3.05) is 6.54 Å². The number of nitrogens with one attached hydrogen (secondary N) is 1. The largest absolute Gasteiger partial charge is 0.480 e. The van der Waals surface area contributed by atoms with Gasteiger partial charge in [0.25, 0.3) is 0 Å². The minimum absolute atomic E-state index is 0.0251. The number of carbonyl (C=O) groups excluding carboxylic acids is 1. The Bertz CT molecular complexity index is 457.